The Balaban J connectivity index is 2.43. The molecular weight excluding hydrogens is 252 g/mol. The van der Waals surface area contributed by atoms with Gasteiger partial charge in [-0.25, -0.2) is 0 Å². The first-order valence-electron chi connectivity index (χ1n) is 7.08. The number of carbonyl (C=O) groups is 2. The third-order valence-electron chi connectivity index (χ3n) is 3.60. The summed E-state index contributed by atoms with van der Waals surface area (Å²) in [6, 6.07) is 0. The molecule has 1 aliphatic heterocycles. The molecule has 0 radical (unpaired) electrons. The predicted octanol–water partition coefficient (Wildman–Crippen LogP) is 2.18. The van der Waals surface area contributed by atoms with Crippen LogP contribution >= 0.6 is 0 Å². The van der Waals surface area contributed by atoms with Gasteiger partial charge in [-0.3, -0.25) is 9.59 Å². The molecule has 0 bridgehead atoms. The van der Waals surface area contributed by atoms with Crippen LogP contribution in [0, 0.1) is 5.92 Å². The van der Waals surface area contributed by atoms with Gasteiger partial charge in [-0.2, -0.15) is 0 Å². The maximum absolute atomic E-state index is 12.1. The number of amides is 2. The van der Waals surface area contributed by atoms with Crippen molar-refractivity contribution in [3.63, 3.8) is 0 Å². The molecule has 0 aliphatic carbocycles. The average Bonchev–Trinajstić information content (AvgIpc) is 2.70. The maximum atomic E-state index is 12.1. The van der Waals surface area contributed by atoms with E-state index in [2.05, 4.69) is 6.58 Å². The van der Waals surface area contributed by atoms with E-state index in [4.69, 9.17) is 5.73 Å². The quantitative estimate of drug-likeness (QED) is 0.691. The van der Waals surface area contributed by atoms with Gasteiger partial charge in [-0.05, 0) is 25.3 Å². The fourth-order valence-electron chi connectivity index (χ4n) is 2.31. The third kappa shape index (κ3) is 4.08. The summed E-state index contributed by atoms with van der Waals surface area (Å²) in [7, 11) is 0. The molecule has 0 fully saturated rings. The lowest BCUT2D eigenvalue weighted by molar-refractivity contribution is -0.125. The highest BCUT2D eigenvalue weighted by atomic mass is 16.2. The summed E-state index contributed by atoms with van der Waals surface area (Å²) in [5.41, 5.74) is 6.95. The molecule has 1 atom stereocenters. The first-order valence-corrected chi connectivity index (χ1v) is 7.08. The SMILES string of the molecule is C=CC1=C(/C=C\C)CN(CCCCC(C)C(N)=O)C1=O. The molecule has 2 N–H and O–H groups in total. The van der Waals surface area contributed by atoms with E-state index in [0.717, 1.165) is 24.8 Å². The summed E-state index contributed by atoms with van der Waals surface area (Å²) in [6.45, 7) is 8.84. The molecule has 20 heavy (non-hydrogen) atoms. The minimum Gasteiger partial charge on any atom is -0.369 e. The van der Waals surface area contributed by atoms with Crippen LogP contribution in [0.2, 0.25) is 0 Å². The number of nitrogens with two attached hydrogens (primary N) is 1. The number of allylic oxidation sites excluding steroid dienone is 1. The molecular formula is C16H24N2O2. The standard InChI is InChI=1S/C16H24N2O2/c1-4-8-13-11-18(16(20)14(13)5-2)10-7-6-9-12(3)15(17)19/h4-5,8,12H,2,6-7,9-11H2,1,3H3,(H2,17,19)/b8-4-. The molecule has 110 valence electrons. The summed E-state index contributed by atoms with van der Waals surface area (Å²) in [5, 5.41) is 0. The van der Waals surface area contributed by atoms with E-state index in [0.29, 0.717) is 18.7 Å². The molecule has 0 aromatic heterocycles. The predicted molar refractivity (Wildman–Crippen MR) is 80.8 cm³/mol. The van der Waals surface area contributed by atoms with Crippen molar-refractivity contribution in [2.45, 2.75) is 33.1 Å². The molecule has 1 heterocycles. The number of primary amides is 1. The molecule has 0 spiro atoms. The van der Waals surface area contributed by atoms with Crippen LogP contribution < -0.4 is 5.73 Å². The number of rotatable bonds is 8. The van der Waals surface area contributed by atoms with Gasteiger partial charge in [0.15, 0.2) is 0 Å². The van der Waals surface area contributed by atoms with Crippen molar-refractivity contribution < 1.29 is 9.59 Å². The average molecular weight is 276 g/mol. The Morgan fingerprint density at radius 1 is 1.50 bits per heavy atom. The second-order valence-electron chi connectivity index (χ2n) is 5.17. The lowest BCUT2D eigenvalue weighted by Crippen LogP contribution is -2.28. The molecule has 0 aromatic carbocycles. The fourth-order valence-corrected chi connectivity index (χ4v) is 2.31. The van der Waals surface area contributed by atoms with Crippen LogP contribution in [0.3, 0.4) is 0 Å². The van der Waals surface area contributed by atoms with Crippen LogP contribution in [0.25, 0.3) is 0 Å². The Morgan fingerprint density at radius 2 is 2.20 bits per heavy atom. The van der Waals surface area contributed by atoms with Crippen LogP contribution in [-0.4, -0.2) is 29.8 Å². The zero-order chi connectivity index (χ0) is 15.1. The number of carbonyl (C=O) groups excluding carboxylic acids is 2. The van der Waals surface area contributed by atoms with E-state index in [1.807, 2.05) is 30.9 Å². The van der Waals surface area contributed by atoms with E-state index in [1.54, 1.807) is 6.08 Å². The van der Waals surface area contributed by atoms with Crippen molar-refractivity contribution in [1.82, 2.24) is 4.90 Å². The number of hydrogen-bond acceptors (Lipinski definition) is 2. The van der Waals surface area contributed by atoms with Gasteiger partial charge in [-0.15, -0.1) is 0 Å². The number of nitrogens with zero attached hydrogens (tertiary/aromatic N) is 1. The molecule has 0 saturated heterocycles. The second-order valence-corrected chi connectivity index (χ2v) is 5.17. The van der Waals surface area contributed by atoms with Gasteiger partial charge in [0.25, 0.3) is 5.91 Å². The first kappa shape index (κ1) is 16.2. The highest BCUT2D eigenvalue weighted by molar-refractivity contribution is 6.00. The topological polar surface area (TPSA) is 63.4 Å². The molecule has 0 aromatic rings. The third-order valence-corrected chi connectivity index (χ3v) is 3.60. The summed E-state index contributed by atoms with van der Waals surface area (Å²) < 4.78 is 0. The van der Waals surface area contributed by atoms with Crippen molar-refractivity contribution in [1.29, 1.82) is 0 Å². The maximum Gasteiger partial charge on any atom is 0.254 e. The van der Waals surface area contributed by atoms with Gasteiger partial charge in [0.1, 0.15) is 0 Å². The van der Waals surface area contributed by atoms with Gasteiger partial charge in [0.2, 0.25) is 5.91 Å². The molecule has 2 amide bonds. The van der Waals surface area contributed by atoms with Crippen molar-refractivity contribution >= 4 is 11.8 Å². The second kappa shape index (κ2) is 7.68. The smallest absolute Gasteiger partial charge is 0.254 e. The monoisotopic (exact) mass is 276 g/mol. The molecule has 4 heteroatoms. The minimum atomic E-state index is -0.256. The van der Waals surface area contributed by atoms with Crippen LogP contribution in [0.5, 0.6) is 0 Å². The molecule has 1 unspecified atom stereocenters. The zero-order valence-corrected chi connectivity index (χ0v) is 12.4. The molecule has 0 saturated carbocycles. The van der Waals surface area contributed by atoms with Gasteiger partial charge in [-0.1, -0.05) is 38.2 Å². The number of hydrogen-bond donors (Lipinski definition) is 1. The molecule has 1 rings (SSSR count). The van der Waals surface area contributed by atoms with E-state index in [1.165, 1.54) is 0 Å². The lowest BCUT2D eigenvalue weighted by atomic mass is 10.0. The first-order chi connectivity index (χ1) is 9.51. The van der Waals surface area contributed by atoms with Crippen molar-refractivity contribution in [2.75, 3.05) is 13.1 Å². The molecule has 4 nitrogen and oxygen atoms in total. The van der Waals surface area contributed by atoms with Crippen LogP contribution in [0.4, 0.5) is 0 Å². The fraction of sp³-hybridized carbons (Fsp3) is 0.500. The van der Waals surface area contributed by atoms with Gasteiger partial charge < -0.3 is 10.6 Å². The van der Waals surface area contributed by atoms with E-state index in [9.17, 15) is 9.59 Å². The summed E-state index contributed by atoms with van der Waals surface area (Å²) >= 11 is 0. The Morgan fingerprint density at radius 3 is 2.75 bits per heavy atom. The zero-order valence-electron chi connectivity index (χ0n) is 12.4. The minimum absolute atomic E-state index is 0.0519. The van der Waals surface area contributed by atoms with Crippen LogP contribution in [0.15, 0.2) is 36.0 Å². The van der Waals surface area contributed by atoms with Crippen LogP contribution in [0.1, 0.15) is 33.1 Å². The van der Waals surface area contributed by atoms with E-state index in [-0.39, 0.29) is 17.7 Å². The summed E-state index contributed by atoms with van der Waals surface area (Å²) in [6.07, 6.45) is 8.09. The van der Waals surface area contributed by atoms with Crippen molar-refractivity contribution in [3.05, 3.63) is 36.0 Å². The summed E-state index contributed by atoms with van der Waals surface area (Å²) in [4.78, 5) is 24.9. The number of unbranched alkanes of at least 4 members (excludes halogenated alkanes) is 1. The molecule has 1 aliphatic rings. The van der Waals surface area contributed by atoms with Gasteiger partial charge >= 0.3 is 0 Å². The Bertz CT molecular complexity index is 449. The largest absolute Gasteiger partial charge is 0.369 e. The lowest BCUT2D eigenvalue weighted by Gasteiger charge is -2.16. The Labute approximate surface area is 121 Å². The Hall–Kier alpha value is -1.84. The van der Waals surface area contributed by atoms with Gasteiger partial charge in [0, 0.05) is 24.6 Å². The van der Waals surface area contributed by atoms with Crippen LogP contribution in [-0.2, 0) is 9.59 Å². The summed E-state index contributed by atoms with van der Waals surface area (Å²) in [5.74, 6) is -0.297. The normalized spacial score (nSPS) is 17.1. The van der Waals surface area contributed by atoms with Crippen molar-refractivity contribution in [2.24, 2.45) is 11.7 Å². The van der Waals surface area contributed by atoms with E-state index >= 15 is 0 Å². The highest BCUT2D eigenvalue weighted by Crippen LogP contribution is 2.21. The van der Waals surface area contributed by atoms with Crippen molar-refractivity contribution in [3.8, 4) is 0 Å². The van der Waals surface area contributed by atoms with E-state index < -0.39 is 0 Å². The Kier molecular flexibility index (Phi) is 6.22. The van der Waals surface area contributed by atoms with Gasteiger partial charge in [0.05, 0.1) is 0 Å². The highest BCUT2D eigenvalue weighted by Gasteiger charge is 2.26.